The Labute approximate surface area is 105 Å². The number of esters is 1. The summed E-state index contributed by atoms with van der Waals surface area (Å²) in [5.74, 6) is -2.57. The number of piperidine rings is 1. The molecule has 1 heterocycles. The summed E-state index contributed by atoms with van der Waals surface area (Å²) in [5, 5.41) is 8.83. The highest BCUT2D eigenvalue weighted by atomic mass is 16.5. The maximum absolute atomic E-state index is 12.2. The molecule has 1 amide bonds. The van der Waals surface area contributed by atoms with Gasteiger partial charge in [0.15, 0.2) is 0 Å². The number of carboxylic acid groups (broad SMARTS) is 1. The number of hydrogen-bond donors (Lipinski definition) is 1. The molecule has 3 atom stereocenters. The molecule has 0 aromatic rings. The van der Waals surface area contributed by atoms with Crippen LogP contribution in [0.4, 0.5) is 0 Å². The van der Waals surface area contributed by atoms with Crippen molar-refractivity contribution in [2.75, 3.05) is 13.7 Å². The van der Waals surface area contributed by atoms with Crippen LogP contribution in [0.25, 0.3) is 0 Å². The third-order valence-electron chi connectivity index (χ3n) is 3.68. The van der Waals surface area contributed by atoms with Gasteiger partial charge in [0, 0.05) is 6.54 Å². The summed E-state index contributed by atoms with van der Waals surface area (Å²) in [5.41, 5.74) is 0. The Morgan fingerprint density at radius 3 is 2.50 bits per heavy atom. The normalized spacial score (nSPS) is 30.7. The van der Waals surface area contributed by atoms with Crippen LogP contribution in [-0.4, -0.2) is 47.5 Å². The lowest BCUT2D eigenvalue weighted by molar-refractivity contribution is -0.155. The molecule has 2 fully saturated rings. The van der Waals surface area contributed by atoms with E-state index in [1.807, 2.05) is 0 Å². The third-order valence-corrected chi connectivity index (χ3v) is 3.68. The molecule has 0 radical (unpaired) electrons. The Balaban J connectivity index is 2.03. The molecule has 6 heteroatoms. The van der Waals surface area contributed by atoms with Gasteiger partial charge >= 0.3 is 11.9 Å². The standard InChI is InChI=1S/C12H17NO5/c1-18-12(17)9-4-2-3-5-13(9)10(14)7-6-8(7)11(15)16/h7-9H,2-6H2,1H3,(H,15,16)/t7-,8+,9?/m1/s1. The molecular weight excluding hydrogens is 238 g/mol. The van der Waals surface area contributed by atoms with Crippen molar-refractivity contribution in [3.8, 4) is 0 Å². The van der Waals surface area contributed by atoms with E-state index in [4.69, 9.17) is 9.84 Å². The van der Waals surface area contributed by atoms with E-state index in [9.17, 15) is 14.4 Å². The van der Waals surface area contributed by atoms with Crippen LogP contribution in [0.2, 0.25) is 0 Å². The number of carbonyl (C=O) groups excluding carboxylic acids is 2. The van der Waals surface area contributed by atoms with Crippen molar-refractivity contribution in [2.24, 2.45) is 11.8 Å². The monoisotopic (exact) mass is 255 g/mol. The smallest absolute Gasteiger partial charge is 0.328 e. The molecule has 1 saturated carbocycles. The lowest BCUT2D eigenvalue weighted by atomic mass is 10.0. The second kappa shape index (κ2) is 4.96. The summed E-state index contributed by atoms with van der Waals surface area (Å²) in [6.45, 7) is 0.515. The third kappa shape index (κ3) is 2.32. The molecule has 6 nitrogen and oxygen atoms in total. The molecular formula is C12H17NO5. The topological polar surface area (TPSA) is 83.9 Å². The predicted molar refractivity (Wildman–Crippen MR) is 60.6 cm³/mol. The number of carboxylic acids is 1. The fourth-order valence-electron chi connectivity index (χ4n) is 2.53. The number of methoxy groups -OCH3 is 1. The summed E-state index contributed by atoms with van der Waals surface area (Å²) in [4.78, 5) is 36.0. The van der Waals surface area contributed by atoms with Gasteiger partial charge in [-0.1, -0.05) is 0 Å². The number of aliphatic carboxylic acids is 1. The number of likely N-dealkylation sites (tertiary alicyclic amines) is 1. The van der Waals surface area contributed by atoms with Gasteiger partial charge in [-0.3, -0.25) is 9.59 Å². The fourth-order valence-corrected chi connectivity index (χ4v) is 2.53. The van der Waals surface area contributed by atoms with Gasteiger partial charge in [-0.2, -0.15) is 0 Å². The molecule has 2 aliphatic rings. The minimum absolute atomic E-state index is 0.211. The highest BCUT2D eigenvalue weighted by molar-refractivity contribution is 5.92. The fraction of sp³-hybridized carbons (Fsp3) is 0.750. The van der Waals surface area contributed by atoms with Gasteiger partial charge in [-0.25, -0.2) is 4.79 Å². The van der Waals surface area contributed by atoms with E-state index in [1.54, 1.807) is 0 Å². The second-order valence-corrected chi connectivity index (χ2v) is 4.85. The van der Waals surface area contributed by atoms with Crippen molar-refractivity contribution in [2.45, 2.75) is 31.7 Å². The van der Waals surface area contributed by atoms with Gasteiger partial charge in [0.25, 0.3) is 0 Å². The van der Waals surface area contributed by atoms with Gasteiger partial charge in [0.05, 0.1) is 18.9 Å². The first-order valence-corrected chi connectivity index (χ1v) is 6.17. The zero-order chi connectivity index (χ0) is 13.3. The second-order valence-electron chi connectivity index (χ2n) is 4.85. The first-order chi connectivity index (χ1) is 8.56. The van der Waals surface area contributed by atoms with Crippen LogP contribution in [0.1, 0.15) is 25.7 Å². The SMILES string of the molecule is COC(=O)C1CCCCN1C(=O)[C@@H]1C[C@@H]1C(=O)O. The Morgan fingerprint density at radius 1 is 1.22 bits per heavy atom. The van der Waals surface area contributed by atoms with Gasteiger partial charge in [0.1, 0.15) is 6.04 Å². The van der Waals surface area contributed by atoms with Gasteiger partial charge < -0.3 is 14.7 Å². The maximum Gasteiger partial charge on any atom is 0.328 e. The van der Waals surface area contributed by atoms with Crippen molar-refractivity contribution in [3.05, 3.63) is 0 Å². The molecule has 0 bridgehead atoms. The summed E-state index contributed by atoms with van der Waals surface area (Å²) in [6, 6.07) is -0.536. The Morgan fingerprint density at radius 2 is 1.94 bits per heavy atom. The molecule has 1 unspecified atom stereocenters. The number of ether oxygens (including phenoxy) is 1. The van der Waals surface area contributed by atoms with Crippen LogP contribution in [0, 0.1) is 11.8 Å². The quantitative estimate of drug-likeness (QED) is 0.731. The molecule has 1 aliphatic carbocycles. The number of hydrogen-bond acceptors (Lipinski definition) is 4. The highest BCUT2D eigenvalue weighted by Gasteiger charge is 2.51. The van der Waals surface area contributed by atoms with E-state index in [-0.39, 0.29) is 5.91 Å². The van der Waals surface area contributed by atoms with Gasteiger partial charge in [-0.05, 0) is 25.7 Å². The van der Waals surface area contributed by atoms with Gasteiger partial charge in [0.2, 0.25) is 5.91 Å². The van der Waals surface area contributed by atoms with E-state index in [1.165, 1.54) is 12.0 Å². The van der Waals surface area contributed by atoms with Crippen molar-refractivity contribution < 1.29 is 24.2 Å². The van der Waals surface area contributed by atoms with Crippen LogP contribution in [-0.2, 0) is 19.1 Å². The van der Waals surface area contributed by atoms with E-state index >= 15 is 0 Å². The molecule has 0 aromatic heterocycles. The minimum atomic E-state index is -0.931. The predicted octanol–water partition coefficient (Wildman–Crippen LogP) is 0.261. The zero-order valence-corrected chi connectivity index (χ0v) is 10.3. The maximum atomic E-state index is 12.2. The first-order valence-electron chi connectivity index (χ1n) is 6.17. The van der Waals surface area contributed by atoms with Gasteiger partial charge in [-0.15, -0.1) is 0 Å². The number of carbonyl (C=O) groups is 3. The largest absolute Gasteiger partial charge is 0.481 e. The number of amides is 1. The van der Waals surface area contributed by atoms with Crippen molar-refractivity contribution in [1.82, 2.24) is 4.90 Å². The molecule has 2 rings (SSSR count). The molecule has 0 spiro atoms. The highest BCUT2D eigenvalue weighted by Crippen LogP contribution is 2.41. The van der Waals surface area contributed by atoms with E-state index < -0.39 is 29.8 Å². The molecule has 0 aromatic carbocycles. The first kappa shape index (κ1) is 12.9. The lowest BCUT2D eigenvalue weighted by Crippen LogP contribution is -2.49. The average Bonchev–Trinajstić information content (AvgIpc) is 3.17. The minimum Gasteiger partial charge on any atom is -0.481 e. The lowest BCUT2D eigenvalue weighted by Gasteiger charge is -2.34. The summed E-state index contributed by atoms with van der Waals surface area (Å²) in [7, 11) is 1.30. The van der Waals surface area contributed by atoms with Crippen molar-refractivity contribution in [3.63, 3.8) is 0 Å². The van der Waals surface area contributed by atoms with E-state index in [2.05, 4.69) is 0 Å². The average molecular weight is 255 g/mol. The Kier molecular flexibility index (Phi) is 3.54. The van der Waals surface area contributed by atoms with Crippen LogP contribution in [0.5, 0.6) is 0 Å². The number of rotatable bonds is 3. The molecule has 100 valence electrons. The van der Waals surface area contributed by atoms with Crippen LogP contribution >= 0.6 is 0 Å². The molecule has 1 N–H and O–H groups in total. The van der Waals surface area contributed by atoms with Crippen molar-refractivity contribution in [1.29, 1.82) is 0 Å². The van der Waals surface area contributed by atoms with Crippen LogP contribution in [0.15, 0.2) is 0 Å². The van der Waals surface area contributed by atoms with E-state index in [0.717, 1.165) is 12.8 Å². The van der Waals surface area contributed by atoms with Crippen LogP contribution < -0.4 is 0 Å². The van der Waals surface area contributed by atoms with Crippen molar-refractivity contribution >= 4 is 17.8 Å². The van der Waals surface area contributed by atoms with Crippen LogP contribution in [0.3, 0.4) is 0 Å². The molecule has 18 heavy (non-hydrogen) atoms. The molecule has 1 saturated heterocycles. The summed E-state index contributed by atoms with van der Waals surface area (Å²) >= 11 is 0. The Hall–Kier alpha value is -1.59. The molecule has 1 aliphatic heterocycles. The van der Waals surface area contributed by atoms with E-state index in [0.29, 0.717) is 19.4 Å². The zero-order valence-electron chi connectivity index (χ0n) is 10.3. The number of nitrogens with zero attached hydrogens (tertiary/aromatic N) is 1. The Bertz CT molecular complexity index is 381. The summed E-state index contributed by atoms with van der Waals surface area (Å²) < 4.78 is 4.70. The summed E-state index contributed by atoms with van der Waals surface area (Å²) in [6.07, 6.45) is 2.72.